The van der Waals surface area contributed by atoms with Gasteiger partial charge in [0.25, 0.3) is 0 Å². The third-order valence-corrected chi connectivity index (χ3v) is 3.24. The lowest BCUT2D eigenvalue weighted by Gasteiger charge is -2.35. The number of allylic oxidation sites excluding steroid dienone is 1. The van der Waals surface area contributed by atoms with Crippen LogP contribution in [0.1, 0.15) is 53.4 Å². The highest BCUT2D eigenvalue weighted by Crippen LogP contribution is 2.37. The van der Waals surface area contributed by atoms with Crippen molar-refractivity contribution >= 4 is 11.9 Å². The van der Waals surface area contributed by atoms with E-state index in [-0.39, 0.29) is 12.6 Å². The number of hydrogen-bond donors (Lipinski definition) is 0. The summed E-state index contributed by atoms with van der Waals surface area (Å²) in [7, 11) is 0. The summed E-state index contributed by atoms with van der Waals surface area (Å²) in [6.45, 7) is 7.52. The van der Waals surface area contributed by atoms with Crippen LogP contribution in [0.2, 0.25) is 0 Å². The second kappa shape index (κ2) is 7.87. The van der Waals surface area contributed by atoms with Crippen molar-refractivity contribution in [2.75, 3.05) is 6.61 Å². The molecule has 1 rings (SSSR count). The monoisotopic (exact) mass is 292 g/mol. The number of carbonyl (C=O) groups excluding carboxylic acids is 2. The summed E-state index contributed by atoms with van der Waals surface area (Å²) >= 11 is 0. The van der Waals surface area contributed by atoms with Crippen LogP contribution in [0.25, 0.3) is 0 Å². The van der Waals surface area contributed by atoms with Crippen LogP contribution in [0.4, 0.5) is 0 Å². The molecule has 0 radical (unpaired) electrons. The summed E-state index contributed by atoms with van der Waals surface area (Å²) in [5.74, 6) is 4.71. The van der Waals surface area contributed by atoms with Gasteiger partial charge in [-0.1, -0.05) is 19.9 Å². The normalized spacial score (nSPS) is 23.4. The third-order valence-electron chi connectivity index (χ3n) is 3.24. The fourth-order valence-corrected chi connectivity index (χ4v) is 2.52. The largest absolute Gasteiger partial charge is 0.456 e. The summed E-state index contributed by atoms with van der Waals surface area (Å²) in [6.07, 6.45) is 5.51. The minimum absolute atomic E-state index is 0.281. The van der Waals surface area contributed by atoms with Crippen LogP contribution in [0.5, 0.6) is 0 Å². The van der Waals surface area contributed by atoms with Crippen LogP contribution in [0.3, 0.4) is 0 Å². The molecule has 4 nitrogen and oxygen atoms in total. The molecular formula is C17H24O4. The maximum absolute atomic E-state index is 11.5. The molecule has 0 aliphatic heterocycles. The molecule has 1 fully saturated rings. The Morgan fingerprint density at radius 2 is 2.10 bits per heavy atom. The minimum Gasteiger partial charge on any atom is -0.456 e. The first kappa shape index (κ1) is 17.3. The molecule has 0 spiro atoms. The van der Waals surface area contributed by atoms with Crippen molar-refractivity contribution in [2.24, 2.45) is 5.92 Å². The molecule has 1 aliphatic carbocycles. The molecule has 0 aromatic rings. The lowest BCUT2D eigenvalue weighted by Crippen LogP contribution is -2.38. The molecular weight excluding hydrogens is 268 g/mol. The van der Waals surface area contributed by atoms with Gasteiger partial charge in [0.05, 0.1) is 6.61 Å². The van der Waals surface area contributed by atoms with Gasteiger partial charge in [-0.2, -0.15) is 0 Å². The van der Waals surface area contributed by atoms with E-state index in [1.807, 2.05) is 0 Å². The maximum atomic E-state index is 11.5. The van der Waals surface area contributed by atoms with Gasteiger partial charge in [0.1, 0.15) is 0 Å². The van der Waals surface area contributed by atoms with Crippen LogP contribution in [-0.4, -0.2) is 24.1 Å². The maximum Gasteiger partial charge on any atom is 0.384 e. The van der Waals surface area contributed by atoms with Crippen LogP contribution < -0.4 is 0 Å². The minimum atomic E-state index is -0.971. The van der Waals surface area contributed by atoms with Crippen molar-refractivity contribution in [3.63, 3.8) is 0 Å². The molecule has 0 N–H and O–H groups in total. The van der Waals surface area contributed by atoms with E-state index in [9.17, 15) is 9.59 Å². The van der Waals surface area contributed by atoms with Gasteiger partial charge in [-0.15, -0.1) is 0 Å². The first-order valence-corrected chi connectivity index (χ1v) is 7.50. The second-order valence-electron chi connectivity index (χ2n) is 5.53. The van der Waals surface area contributed by atoms with Gasteiger partial charge >= 0.3 is 11.9 Å². The number of hydrogen-bond acceptors (Lipinski definition) is 4. The van der Waals surface area contributed by atoms with Crippen LogP contribution in [0, 0.1) is 17.8 Å². The molecule has 0 aromatic carbocycles. The fourth-order valence-electron chi connectivity index (χ4n) is 2.52. The zero-order valence-electron chi connectivity index (χ0n) is 13.3. The van der Waals surface area contributed by atoms with Crippen LogP contribution >= 0.6 is 0 Å². The van der Waals surface area contributed by atoms with E-state index in [2.05, 4.69) is 31.8 Å². The number of rotatable bonds is 3. The third kappa shape index (κ3) is 5.26. The van der Waals surface area contributed by atoms with E-state index < -0.39 is 11.6 Å². The predicted molar refractivity (Wildman–Crippen MR) is 80.3 cm³/mol. The Balaban J connectivity index is 3.16. The predicted octanol–water partition coefficient (Wildman–Crippen LogP) is 3.01. The Labute approximate surface area is 126 Å². The summed E-state index contributed by atoms with van der Waals surface area (Å²) in [6, 6.07) is 0. The SMILES string of the molecule is CCOC(=O)C#CC1(OC(C)=O)CCCC/C1=C\C(C)C. The molecule has 0 aromatic heterocycles. The molecule has 0 bridgehead atoms. The molecule has 1 atom stereocenters. The van der Waals surface area contributed by atoms with Crippen molar-refractivity contribution in [3.8, 4) is 11.8 Å². The van der Waals surface area contributed by atoms with Crippen LogP contribution in [0.15, 0.2) is 11.6 Å². The standard InChI is InChI=1S/C17H24O4/c1-5-20-16(19)9-11-17(21-14(4)18)10-7-6-8-15(17)12-13(2)3/h12-13H,5-8,10H2,1-4H3/b15-12+. The average molecular weight is 292 g/mol. The molecule has 1 saturated carbocycles. The summed E-state index contributed by atoms with van der Waals surface area (Å²) < 4.78 is 10.4. The molecule has 0 heterocycles. The van der Waals surface area contributed by atoms with E-state index in [0.717, 1.165) is 24.8 Å². The molecule has 21 heavy (non-hydrogen) atoms. The van der Waals surface area contributed by atoms with E-state index >= 15 is 0 Å². The Hall–Kier alpha value is -1.76. The summed E-state index contributed by atoms with van der Waals surface area (Å²) in [5, 5.41) is 0. The zero-order valence-corrected chi connectivity index (χ0v) is 13.3. The average Bonchev–Trinajstić information content (AvgIpc) is 2.38. The quantitative estimate of drug-likeness (QED) is 0.347. The summed E-state index contributed by atoms with van der Waals surface area (Å²) in [4.78, 5) is 23.0. The zero-order chi connectivity index (χ0) is 15.9. The van der Waals surface area contributed by atoms with Gasteiger partial charge in [0.15, 0.2) is 5.60 Å². The molecule has 1 aliphatic rings. The van der Waals surface area contributed by atoms with Gasteiger partial charge in [0.2, 0.25) is 0 Å². The number of esters is 2. The van der Waals surface area contributed by atoms with E-state index in [4.69, 9.17) is 9.47 Å². The Morgan fingerprint density at radius 1 is 1.38 bits per heavy atom. The Bertz CT molecular complexity index is 479. The fraction of sp³-hybridized carbons (Fsp3) is 0.647. The van der Waals surface area contributed by atoms with Crippen molar-refractivity contribution in [1.29, 1.82) is 0 Å². The molecule has 0 saturated heterocycles. The number of ether oxygens (including phenoxy) is 2. The Morgan fingerprint density at radius 3 is 2.67 bits per heavy atom. The van der Waals surface area contributed by atoms with Gasteiger partial charge in [-0.3, -0.25) is 4.79 Å². The second-order valence-corrected chi connectivity index (χ2v) is 5.53. The van der Waals surface area contributed by atoms with Crippen molar-refractivity contribution in [2.45, 2.75) is 59.0 Å². The summed E-state index contributed by atoms with van der Waals surface area (Å²) in [5.41, 5.74) is 0.0249. The molecule has 0 amide bonds. The highest BCUT2D eigenvalue weighted by Gasteiger charge is 2.38. The molecule has 116 valence electrons. The first-order valence-electron chi connectivity index (χ1n) is 7.50. The highest BCUT2D eigenvalue weighted by molar-refractivity contribution is 5.89. The van der Waals surface area contributed by atoms with Crippen LogP contribution in [-0.2, 0) is 19.1 Å². The Kier molecular flexibility index (Phi) is 6.48. The molecule has 1 unspecified atom stereocenters. The van der Waals surface area contributed by atoms with Crippen molar-refractivity contribution in [3.05, 3.63) is 11.6 Å². The lowest BCUT2D eigenvalue weighted by atomic mass is 9.79. The van der Waals surface area contributed by atoms with Crippen molar-refractivity contribution < 1.29 is 19.1 Å². The first-order chi connectivity index (χ1) is 9.89. The van der Waals surface area contributed by atoms with Gasteiger partial charge < -0.3 is 9.47 Å². The topological polar surface area (TPSA) is 52.6 Å². The lowest BCUT2D eigenvalue weighted by molar-refractivity contribution is -0.150. The van der Waals surface area contributed by atoms with Gasteiger partial charge in [-0.05, 0) is 43.6 Å². The van der Waals surface area contributed by atoms with Crippen molar-refractivity contribution in [1.82, 2.24) is 0 Å². The number of carbonyl (C=O) groups is 2. The van der Waals surface area contributed by atoms with E-state index in [1.165, 1.54) is 6.92 Å². The smallest absolute Gasteiger partial charge is 0.384 e. The van der Waals surface area contributed by atoms with Gasteiger partial charge in [0, 0.05) is 19.3 Å². The molecule has 4 heteroatoms. The highest BCUT2D eigenvalue weighted by atomic mass is 16.6. The van der Waals surface area contributed by atoms with E-state index in [0.29, 0.717) is 12.3 Å². The van der Waals surface area contributed by atoms with E-state index in [1.54, 1.807) is 6.92 Å². The van der Waals surface area contributed by atoms with Gasteiger partial charge in [-0.25, -0.2) is 4.79 Å².